The van der Waals surface area contributed by atoms with Gasteiger partial charge in [0.1, 0.15) is 6.61 Å². The van der Waals surface area contributed by atoms with Crippen molar-refractivity contribution in [3.63, 3.8) is 0 Å². The molecular formula is C22H21F2N5O3. The molecular weight excluding hydrogens is 420 g/mol. The SMILES string of the molecule is C=CC(=O)Nc1ccc(Nc2nc(Nc3ccc(OCCOC)c(F)c3)ncc2F)cc1. The molecule has 3 rings (SSSR count). The molecule has 10 heteroatoms. The van der Waals surface area contributed by atoms with Crippen LogP contribution in [-0.4, -0.2) is 36.2 Å². The topological polar surface area (TPSA) is 97.4 Å². The normalized spacial score (nSPS) is 10.3. The first kappa shape index (κ1) is 22.6. The molecule has 1 aromatic heterocycles. The highest BCUT2D eigenvalue weighted by molar-refractivity contribution is 5.98. The summed E-state index contributed by atoms with van der Waals surface area (Å²) in [6.07, 6.45) is 2.15. The summed E-state index contributed by atoms with van der Waals surface area (Å²) in [4.78, 5) is 19.3. The van der Waals surface area contributed by atoms with E-state index in [9.17, 15) is 13.6 Å². The lowest BCUT2D eigenvalue weighted by molar-refractivity contribution is -0.111. The first-order chi connectivity index (χ1) is 15.5. The minimum atomic E-state index is -0.673. The average Bonchev–Trinajstić information content (AvgIpc) is 2.79. The van der Waals surface area contributed by atoms with Gasteiger partial charge in [0, 0.05) is 30.2 Å². The number of halogens is 2. The molecule has 0 unspecified atom stereocenters. The monoisotopic (exact) mass is 441 g/mol. The van der Waals surface area contributed by atoms with Gasteiger partial charge in [-0.1, -0.05) is 6.58 Å². The lowest BCUT2D eigenvalue weighted by atomic mass is 10.2. The molecule has 3 N–H and O–H groups in total. The van der Waals surface area contributed by atoms with Crippen LogP contribution in [0.5, 0.6) is 5.75 Å². The predicted molar refractivity (Wildman–Crippen MR) is 118 cm³/mol. The Morgan fingerprint density at radius 1 is 1.03 bits per heavy atom. The zero-order valence-corrected chi connectivity index (χ0v) is 17.2. The molecule has 0 aliphatic rings. The van der Waals surface area contributed by atoms with Crippen LogP contribution in [0.4, 0.5) is 37.6 Å². The van der Waals surface area contributed by atoms with E-state index in [2.05, 4.69) is 32.5 Å². The number of nitrogens with zero attached hydrogens (tertiary/aromatic N) is 2. The van der Waals surface area contributed by atoms with E-state index >= 15 is 0 Å². The number of hydrogen-bond acceptors (Lipinski definition) is 7. The Labute approximate surface area is 183 Å². The van der Waals surface area contributed by atoms with Crippen molar-refractivity contribution >= 4 is 34.7 Å². The van der Waals surface area contributed by atoms with Crippen molar-refractivity contribution in [1.82, 2.24) is 9.97 Å². The molecule has 0 saturated heterocycles. The number of anilines is 5. The van der Waals surface area contributed by atoms with Crippen LogP contribution in [0.15, 0.2) is 61.3 Å². The number of methoxy groups -OCH3 is 1. The van der Waals surface area contributed by atoms with Crippen LogP contribution in [0.2, 0.25) is 0 Å². The van der Waals surface area contributed by atoms with Gasteiger partial charge in [0.05, 0.1) is 12.8 Å². The van der Waals surface area contributed by atoms with E-state index in [1.54, 1.807) is 30.3 Å². The molecule has 3 aromatic rings. The van der Waals surface area contributed by atoms with E-state index in [1.165, 1.54) is 19.2 Å². The van der Waals surface area contributed by atoms with Crippen LogP contribution >= 0.6 is 0 Å². The average molecular weight is 441 g/mol. The molecule has 0 atom stereocenters. The number of carbonyl (C=O) groups is 1. The van der Waals surface area contributed by atoms with Gasteiger partial charge in [0.25, 0.3) is 0 Å². The van der Waals surface area contributed by atoms with Crippen LogP contribution < -0.4 is 20.7 Å². The van der Waals surface area contributed by atoms with E-state index in [1.807, 2.05) is 0 Å². The summed E-state index contributed by atoms with van der Waals surface area (Å²) in [5.41, 5.74) is 1.46. The predicted octanol–water partition coefficient (Wildman–Crippen LogP) is 4.39. The van der Waals surface area contributed by atoms with E-state index < -0.39 is 11.6 Å². The quantitative estimate of drug-likeness (QED) is 0.317. The molecule has 0 aliphatic heterocycles. The molecule has 1 amide bonds. The van der Waals surface area contributed by atoms with E-state index in [-0.39, 0.29) is 30.0 Å². The van der Waals surface area contributed by atoms with E-state index in [0.717, 1.165) is 12.3 Å². The van der Waals surface area contributed by atoms with Crippen LogP contribution in [-0.2, 0) is 9.53 Å². The molecule has 0 saturated carbocycles. The van der Waals surface area contributed by atoms with E-state index in [0.29, 0.717) is 23.7 Å². The Bertz CT molecular complexity index is 1090. The third-order valence-electron chi connectivity index (χ3n) is 4.08. The number of amides is 1. The van der Waals surface area contributed by atoms with Crippen molar-refractivity contribution in [2.45, 2.75) is 0 Å². The van der Waals surface area contributed by atoms with Crippen molar-refractivity contribution in [2.24, 2.45) is 0 Å². The second-order valence-electron chi connectivity index (χ2n) is 6.40. The molecule has 8 nitrogen and oxygen atoms in total. The fourth-order valence-electron chi connectivity index (χ4n) is 2.54. The number of hydrogen-bond donors (Lipinski definition) is 3. The van der Waals surface area contributed by atoms with Gasteiger partial charge in [-0.15, -0.1) is 0 Å². The second-order valence-corrected chi connectivity index (χ2v) is 6.40. The van der Waals surface area contributed by atoms with Gasteiger partial charge in [0.2, 0.25) is 11.9 Å². The van der Waals surface area contributed by atoms with Crippen LogP contribution in [0, 0.1) is 11.6 Å². The molecule has 0 fully saturated rings. The summed E-state index contributed by atoms with van der Waals surface area (Å²) in [6.45, 7) is 3.94. The van der Waals surface area contributed by atoms with Gasteiger partial charge in [-0.25, -0.2) is 13.8 Å². The van der Waals surface area contributed by atoms with Gasteiger partial charge >= 0.3 is 0 Å². The van der Waals surface area contributed by atoms with Crippen molar-refractivity contribution in [2.75, 3.05) is 36.3 Å². The summed E-state index contributed by atoms with van der Waals surface area (Å²) >= 11 is 0. The lowest BCUT2D eigenvalue weighted by Gasteiger charge is -2.11. The summed E-state index contributed by atoms with van der Waals surface area (Å²) in [5.74, 6) is -1.51. The summed E-state index contributed by atoms with van der Waals surface area (Å²) in [7, 11) is 1.53. The Kier molecular flexibility index (Phi) is 7.65. The number of nitrogens with one attached hydrogen (secondary N) is 3. The van der Waals surface area contributed by atoms with Gasteiger partial charge in [-0.05, 0) is 42.5 Å². The highest BCUT2D eigenvalue weighted by Gasteiger charge is 2.10. The standard InChI is InChI=1S/C22H21F2N5O3/c1-3-20(30)26-14-4-6-15(7-5-14)27-21-18(24)13-25-22(29-21)28-16-8-9-19(17(23)12-16)32-11-10-31-2/h3-9,12-13H,1,10-11H2,2H3,(H,26,30)(H2,25,27,28,29). The summed E-state index contributed by atoms with van der Waals surface area (Å²) in [6, 6.07) is 10.8. The third kappa shape index (κ3) is 6.22. The Morgan fingerprint density at radius 2 is 1.75 bits per heavy atom. The maximum absolute atomic E-state index is 14.2. The van der Waals surface area contributed by atoms with Gasteiger partial charge in [-0.3, -0.25) is 4.79 Å². The summed E-state index contributed by atoms with van der Waals surface area (Å²) in [5, 5.41) is 8.27. The molecule has 0 aliphatic carbocycles. The molecule has 0 spiro atoms. The number of aromatic nitrogens is 2. The highest BCUT2D eigenvalue weighted by atomic mass is 19.1. The second kappa shape index (κ2) is 10.8. The number of benzene rings is 2. The van der Waals surface area contributed by atoms with Gasteiger partial charge in [-0.2, -0.15) is 4.98 Å². The zero-order chi connectivity index (χ0) is 22.9. The van der Waals surface area contributed by atoms with Crippen molar-refractivity contribution in [3.05, 3.63) is 73.0 Å². The Balaban J connectivity index is 1.68. The fraction of sp³-hybridized carbons (Fsp3) is 0.136. The first-order valence-corrected chi connectivity index (χ1v) is 9.50. The van der Waals surface area contributed by atoms with Crippen LogP contribution in [0.25, 0.3) is 0 Å². The smallest absolute Gasteiger partial charge is 0.247 e. The van der Waals surface area contributed by atoms with Gasteiger partial charge < -0.3 is 25.4 Å². The van der Waals surface area contributed by atoms with Gasteiger partial charge in [0.15, 0.2) is 23.2 Å². The van der Waals surface area contributed by atoms with Crippen molar-refractivity contribution in [1.29, 1.82) is 0 Å². The Morgan fingerprint density at radius 3 is 2.44 bits per heavy atom. The van der Waals surface area contributed by atoms with E-state index in [4.69, 9.17) is 9.47 Å². The lowest BCUT2D eigenvalue weighted by Crippen LogP contribution is -2.07. The third-order valence-corrected chi connectivity index (χ3v) is 4.08. The highest BCUT2D eigenvalue weighted by Crippen LogP contribution is 2.25. The number of carbonyl (C=O) groups excluding carboxylic acids is 1. The minimum absolute atomic E-state index is 0.0659. The Hall–Kier alpha value is -4.05. The van der Waals surface area contributed by atoms with Crippen molar-refractivity contribution in [3.8, 4) is 5.75 Å². The molecule has 32 heavy (non-hydrogen) atoms. The fourth-order valence-corrected chi connectivity index (χ4v) is 2.54. The van der Waals surface area contributed by atoms with Crippen molar-refractivity contribution < 1.29 is 23.0 Å². The number of rotatable bonds is 10. The van der Waals surface area contributed by atoms with Crippen LogP contribution in [0.1, 0.15) is 0 Å². The molecule has 0 radical (unpaired) electrons. The first-order valence-electron chi connectivity index (χ1n) is 9.50. The zero-order valence-electron chi connectivity index (χ0n) is 17.2. The summed E-state index contributed by atoms with van der Waals surface area (Å²) < 4.78 is 38.5. The molecule has 1 heterocycles. The maximum Gasteiger partial charge on any atom is 0.247 e. The molecule has 0 bridgehead atoms. The largest absolute Gasteiger partial charge is 0.488 e. The van der Waals surface area contributed by atoms with Crippen LogP contribution in [0.3, 0.4) is 0 Å². The molecule has 166 valence electrons. The molecule has 2 aromatic carbocycles. The number of ether oxygens (including phenoxy) is 2. The maximum atomic E-state index is 14.2. The minimum Gasteiger partial charge on any atom is -0.488 e.